The lowest BCUT2D eigenvalue weighted by Gasteiger charge is -2.28. The van der Waals surface area contributed by atoms with Gasteiger partial charge in [-0.25, -0.2) is 8.42 Å². The van der Waals surface area contributed by atoms with Crippen molar-refractivity contribution < 1.29 is 8.42 Å². The van der Waals surface area contributed by atoms with E-state index in [1.807, 2.05) is 26.0 Å². The molecule has 0 unspecified atom stereocenters. The molecule has 2 rings (SSSR count). The molecule has 3 nitrogen and oxygen atoms in total. The smallest absolute Gasteiger partial charge is 0.264 e. The molecule has 15 heavy (non-hydrogen) atoms. The maximum Gasteiger partial charge on any atom is 0.264 e. The Labute approximate surface area is 90.1 Å². The van der Waals surface area contributed by atoms with E-state index in [0.717, 1.165) is 16.8 Å². The van der Waals surface area contributed by atoms with Crippen molar-refractivity contribution in [1.29, 1.82) is 0 Å². The summed E-state index contributed by atoms with van der Waals surface area (Å²) in [6.07, 6.45) is 0. The SMILES string of the molecule is CC1=C(C)N(C)S(=O)(=O)c2ccccc21. The molecular formula is C11H13NO2S. The molecule has 0 bridgehead atoms. The summed E-state index contributed by atoms with van der Waals surface area (Å²) in [6, 6.07) is 7.10. The Kier molecular flexibility index (Phi) is 2.12. The summed E-state index contributed by atoms with van der Waals surface area (Å²) < 4.78 is 25.4. The monoisotopic (exact) mass is 223 g/mol. The number of hydrogen-bond acceptors (Lipinski definition) is 2. The number of sulfonamides is 1. The average Bonchev–Trinajstić information content (AvgIpc) is 2.24. The van der Waals surface area contributed by atoms with Gasteiger partial charge in [0.1, 0.15) is 0 Å². The highest BCUT2D eigenvalue weighted by Crippen LogP contribution is 2.34. The van der Waals surface area contributed by atoms with E-state index in [1.165, 1.54) is 4.31 Å². The van der Waals surface area contributed by atoms with Crippen LogP contribution in [0.2, 0.25) is 0 Å². The number of fused-ring (bicyclic) bond motifs is 1. The van der Waals surface area contributed by atoms with Crippen molar-refractivity contribution >= 4 is 15.6 Å². The second-order valence-electron chi connectivity index (χ2n) is 3.68. The van der Waals surface area contributed by atoms with Gasteiger partial charge in [0.25, 0.3) is 10.0 Å². The second kappa shape index (κ2) is 3.10. The van der Waals surface area contributed by atoms with Crippen LogP contribution < -0.4 is 0 Å². The first-order valence-corrected chi connectivity index (χ1v) is 6.16. The maximum absolute atomic E-state index is 12.1. The molecule has 1 heterocycles. The zero-order chi connectivity index (χ0) is 11.2. The van der Waals surface area contributed by atoms with Gasteiger partial charge in [0, 0.05) is 12.7 Å². The summed E-state index contributed by atoms with van der Waals surface area (Å²) in [6.45, 7) is 3.77. The van der Waals surface area contributed by atoms with E-state index in [-0.39, 0.29) is 0 Å². The van der Waals surface area contributed by atoms with Crippen LogP contribution in [0.4, 0.5) is 0 Å². The highest BCUT2D eigenvalue weighted by atomic mass is 32.2. The molecule has 0 fully saturated rings. The van der Waals surface area contributed by atoms with E-state index >= 15 is 0 Å². The zero-order valence-corrected chi connectivity index (χ0v) is 9.80. The Morgan fingerprint density at radius 3 is 2.40 bits per heavy atom. The highest BCUT2D eigenvalue weighted by molar-refractivity contribution is 7.89. The van der Waals surface area contributed by atoms with E-state index < -0.39 is 10.0 Å². The fourth-order valence-electron chi connectivity index (χ4n) is 1.76. The van der Waals surface area contributed by atoms with Gasteiger partial charge in [0.15, 0.2) is 0 Å². The lowest BCUT2D eigenvalue weighted by Crippen LogP contribution is -2.29. The number of rotatable bonds is 0. The molecule has 0 spiro atoms. The second-order valence-corrected chi connectivity index (χ2v) is 5.62. The van der Waals surface area contributed by atoms with Crippen LogP contribution in [0.15, 0.2) is 34.9 Å². The molecule has 0 aromatic heterocycles. The van der Waals surface area contributed by atoms with Gasteiger partial charge in [-0.15, -0.1) is 0 Å². The van der Waals surface area contributed by atoms with Crippen molar-refractivity contribution in [3.63, 3.8) is 0 Å². The van der Waals surface area contributed by atoms with Crippen molar-refractivity contribution in [3.05, 3.63) is 35.5 Å². The molecule has 4 heteroatoms. The van der Waals surface area contributed by atoms with Gasteiger partial charge < -0.3 is 0 Å². The third-order valence-electron chi connectivity index (χ3n) is 2.94. The minimum atomic E-state index is -3.33. The molecule has 80 valence electrons. The first kappa shape index (κ1) is 10.2. The normalized spacial score (nSPS) is 19.0. The Hall–Kier alpha value is -1.29. The minimum Gasteiger partial charge on any atom is -0.273 e. The van der Waals surface area contributed by atoms with Crippen LogP contribution >= 0.6 is 0 Å². The van der Waals surface area contributed by atoms with Crippen LogP contribution in [-0.2, 0) is 10.0 Å². The van der Waals surface area contributed by atoms with E-state index in [4.69, 9.17) is 0 Å². The molecule has 0 radical (unpaired) electrons. The van der Waals surface area contributed by atoms with Gasteiger partial charge in [-0.05, 0) is 31.1 Å². The predicted octanol–water partition coefficient (Wildman–Crippen LogP) is 2.07. The highest BCUT2D eigenvalue weighted by Gasteiger charge is 2.30. The van der Waals surface area contributed by atoms with Crippen molar-refractivity contribution in [2.75, 3.05) is 7.05 Å². The average molecular weight is 223 g/mol. The van der Waals surface area contributed by atoms with Crippen LogP contribution in [-0.4, -0.2) is 19.8 Å². The molecule has 0 amide bonds. The van der Waals surface area contributed by atoms with Gasteiger partial charge in [0.2, 0.25) is 0 Å². The summed E-state index contributed by atoms with van der Waals surface area (Å²) in [5.41, 5.74) is 2.62. The third-order valence-corrected chi connectivity index (χ3v) is 4.85. The van der Waals surface area contributed by atoms with Gasteiger partial charge in [0.05, 0.1) is 4.90 Å². The van der Waals surface area contributed by atoms with Crippen molar-refractivity contribution in [3.8, 4) is 0 Å². The lowest BCUT2D eigenvalue weighted by atomic mass is 10.1. The Morgan fingerprint density at radius 1 is 1.13 bits per heavy atom. The van der Waals surface area contributed by atoms with Gasteiger partial charge in [-0.3, -0.25) is 4.31 Å². The van der Waals surface area contributed by atoms with E-state index in [0.29, 0.717) is 4.90 Å². The summed E-state index contributed by atoms with van der Waals surface area (Å²) in [4.78, 5) is 0.399. The summed E-state index contributed by atoms with van der Waals surface area (Å²) in [7, 11) is -1.74. The minimum absolute atomic E-state index is 0.399. The van der Waals surface area contributed by atoms with Crippen LogP contribution in [0, 0.1) is 0 Å². The fraction of sp³-hybridized carbons (Fsp3) is 0.273. The third kappa shape index (κ3) is 1.28. The summed E-state index contributed by atoms with van der Waals surface area (Å²) in [5, 5.41) is 0. The van der Waals surface area contributed by atoms with Crippen molar-refractivity contribution in [1.82, 2.24) is 4.31 Å². The zero-order valence-electron chi connectivity index (χ0n) is 8.98. The fourth-order valence-corrected chi connectivity index (χ4v) is 3.30. The standard InChI is InChI=1S/C11H13NO2S/c1-8-9(2)12(3)15(13,14)11-7-5-4-6-10(8)11/h4-7H,1-3H3. The van der Waals surface area contributed by atoms with E-state index in [9.17, 15) is 8.42 Å². The van der Waals surface area contributed by atoms with Gasteiger partial charge in [-0.2, -0.15) is 0 Å². The topological polar surface area (TPSA) is 37.4 Å². The molecule has 0 saturated heterocycles. The van der Waals surface area contributed by atoms with E-state index in [1.54, 1.807) is 19.2 Å². The van der Waals surface area contributed by atoms with Crippen LogP contribution in [0.1, 0.15) is 19.4 Å². The Balaban J connectivity index is 2.86. The molecule has 1 aliphatic rings. The number of nitrogens with zero attached hydrogens (tertiary/aromatic N) is 1. The predicted molar refractivity (Wildman–Crippen MR) is 59.7 cm³/mol. The first-order valence-electron chi connectivity index (χ1n) is 4.72. The summed E-state index contributed by atoms with van der Waals surface area (Å²) >= 11 is 0. The van der Waals surface area contributed by atoms with Crippen molar-refractivity contribution in [2.45, 2.75) is 18.7 Å². The molecule has 0 atom stereocenters. The van der Waals surface area contributed by atoms with Crippen molar-refractivity contribution in [2.24, 2.45) is 0 Å². The van der Waals surface area contributed by atoms with Crippen LogP contribution in [0.3, 0.4) is 0 Å². The Morgan fingerprint density at radius 2 is 1.73 bits per heavy atom. The summed E-state index contributed by atoms with van der Waals surface area (Å²) in [5.74, 6) is 0. The van der Waals surface area contributed by atoms with Crippen LogP contribution in [0.25, 0.3) is 5.57 Å². The molecule has 0 N–H and O–H groups in total. The molecule has 1 aliphatic heterocycles. The maximum atomic E-state index is 12.1. The molecular weight excluding hydrogens is 210 g/mol. The first-order chi connectivity index (χ1) is 6.96. The largest absolute Gasteiger partial charge is 0.273 e. The quantitative estimate of drug-likeness (QED) is 0.675. The van der Waals surface area contributed by atoms with Crippen LogP contribution in [0.5, 0.6) is 0 Å². The number of hydrogen-bond donors (Lipinski definition) is 0. The number of allylic oxidation sites excluding steroid dienone is 2. The van der Waals surface area contributed by atoms with Gasteiger partial charge in [-0.1, -0.05) is 18.2 Å². The molecule has 0 aliphatic carbocycles. The Bertz CT molecular complexity index is 543. The molecule has 1 aromatic carbocycles. The van der Waals surface area contributed by atoms with Gasteiger partial charge >= 0.3 is 0 Å². The lowest BCUT2D eigenvalue weighted by molar-refractivity contribution is 0.520. The number of benzene rings is 1. The molecule has 1 aromatic rings. The molecule has 0 saturated carbocycles. The van der Waals surface area contributed by atoms with E-state index in [2.05, 4.69) is 0 Å².